The molecule has 0 aliphatic carbocycles. The van der Waals surface area contributed by atoms with Crippen LogP contribution < -0.4 is 0 Å². The fraction of sp³-hybridized carbons (Fsp3) is 0. The molecule has 0 spiro atoms. The summed E-state index contributed by atoms with van der Waals surface area (Å²) in [6.45, 7) is 0. The third-order valence-electron chi connectivity index (χ3n) is 0.149. The van der Waals surface area contributed by atoms with Gasteiger partial charge in [0.15, 0.2) is 0 Å². The van der Waals surface area contributed by atoms with Crippen molar-refractivity contribution in [3.8, 4) is 12.2 Å². The molecule has 0 aromatic carbocycles. The van der Waals surface area contributed by atoms with Crippen LogP contribution in [0.3, 0.4) is 0 Å². The summed E-state index contributed by atoms with van der Waals surface area (Å²) in [5, 5.41) is 15.4. The Kier molecular flexibility index (Phi) is 1.66. The molecule has 0 aromatic rings. The molecule has 0 rings (SSSR count). The van der Waals surface area contributed by atoms with Crippen molar-refractivity contribution in [2.45, 2.75) is 0 Å². The zero-order valence-corrected chi connectivity index (χ0v) is 2.55. The average Bonchev–Trinajstić information content (AvgIpc) is 1.38. The maximum absolute atomic E-state index is 7.68. The average molecular weight is 69.9 g/mol. The second kappa shape index (κ2) is 1.83. The van der Waals surface area contributed by atoms with Crippen molar-refractivity contribution >= 4 is 7.12 Å². The minimum atomic E-state index is -1.59. The lowest BCUT2D eigenvalue weighted by Gasteiger charge is -1.71. The van der Waals surface area contributed by atoms with Crippen molar-refractivity contribution in [1.82, 2.24) is 0 Å². The molecule has 5 heavy (non-hydrogen) atoms. The number of hydrogen-bond acceptors (Lipinski definition) is 2. The smallest absolute Gasteiger partial charge is 0.416 e. The van der Waals surface area contributed by atoms with Crippen molar-refractivity contribution in [3.05, 3.63) is 0 Å². The van der Waals surface area contributed by atoms with Crippen LogP contribution in [0.15, 0.2) is 0 Å². The molecule has 26 valence electrons. The van der Waals surface area contributed by atoms with Gasteiger partial charge in [0.25, 0.3) is 0 Å². The van der Waals surface area contributed by atoms with Gasteiger partial charge < -0.3 is 10.0 Å². The molecule has 0 radical (unpaired) electrons. The van der Waals surface area contributed by atoms with E-state index in [1.807, 2.05) is 0 Å². The normalized spacial score (nSPS) is 5.80. The summed E-state index contributed by atoms with van der Waals surface area (Å²) in [5.74, 6) is 1.64. The van der Waals surface area contributed by atoms with Crippen molar-refractivity contribution < 1.29 is 10.0 Å². The van der Waals surface area contributed by atoms with Crippen LogP contribution >= 0.6 is 0 Å². The first-order valence-electron chi connectivity index (χ1n) is 1.09. The van der Waals surface area contributed by atoms with E-state index in [0.29, 0.717) is 0 Å². The molecule has 2 N–H and O–H groups in total. The minimum absolute atomic E-state index is 1.59. The van der Waals surface area contributed by atoms with Crippen LogP contribution in [0.25, 0.3) is 0 Å². The lowest BCUT2D eigenvalue weighted by Crippen LogP contribution is -2.05. The Bertz CT molecular complexity index is 53.2. The van der Waals surface area contributed by atoms with Gasteiger partial charge in [-0.2, -0.15) is 0 Å². The van der Waals surface area contributed by atoms with Gasteiger partial charge >= 0.3 is 7.12 Å². The standard InChI is InChI=1S/C2H3BO2/c1-2-3(4)5/h1,4-5H. The third-order valence-corrected chi connectivity index (χ3v) is 0.149. The Hall–Kier alpha value is -0.455. The second-order valence-electron chi connectivity index (χ2n) is 0.540. The van der Waals surface area contributed by atoms with Gasteiger partial charge in [-0.3, -0.25) is 0 Å². The van der Waals surface area contributed by atoms with Gasteiger partial charge in [0, 0.05) is 0 Å². The van der Waals surface area contributed by atoms with E-state index in [-0.39, 0.29) is 0 Å². The van der Waals surface area contributed by atoms with E-state index >= 15 is 0 Å². The van der Waals surface area contributed by atoms with Crippen LogP contribution in [0.2, 0.25) is 0 Å². The molecule has 0 saturated carbocycles. The zero-order valence-electron chi connectivity index (χ0n) is 2.55. The van der Waals surface area contributed by atoms with E-state index in [4.69, 9.17) is 10.0 Å². The van der Waals surface area contributed by atoms with Crippen molar-refractivity contribution in [2.24, 2.45) is 0 Å². The van der Waals surface area contributed by atoms with Gasteiger partial charge in [-0.05, 0) is 0 Å². The van der Waals surface area contributed by atoms with Crippen LogP contribution in [0, 0.1) is 12.2 Å². The van der Waals surface area contributed by atoms with Crippen molar-refractivity contribution in [1.29, 1.82) is 0 Å². The van der Waals surface area contributed by atoms with Gasteiger partial charge in [0.2, 0.25) is 0 Å². The molecule has 0 aromatic heterocycles. The summed E-state index contributed by atoms with van der Waals surface area (Å²) < 4.78 is 0. The number of hydrogen-bond donors (Lipinski definition) is 2. The van der Waals surface area contributed by atoms with Crippen LogP contribution in [0.5, 0.6) is 0 Å². The predicted molar refractivity (Wildman–Crippen MR) is 19.0 cm³/mol. The molecule has 0 atom stereocenters. The molecule has 0 bridgehead atoms. The molecule has 0 amide bonds. The first-order valence-corrected chi connectivity index (χ1v) is 1.09. The lowest BCUT2D eigenvalue weighted by atomic mass is 9.95. The van der Waals surface area contributed by atoms with E-state index in [2.05, 4.69) is 6.42 Å². The summed E-state index contributed by atoms with van der Waals surface area (Å²) in [4.78, 5) is 0. The Morgan fingerprint density at radius 3 is 1.80 bits per heavy atom. The Labute approximate surface area is 30.6 Å². The van der Waals surface area contributed by atoms with Crippen molar-refractivity contribution in [2.75, 3.05) is 0 Å². The largest absolute Gasteiger partial charge is 0.544 e. The monoisotopic (exact) mass is 70.0 g/mol. The highest BCUT2D eigenvalue weighted by Crippen LogP contribution is 1.51. The minimum Gasteiger partial charge on any atom is -0.416 e. The predicted octanol–water partition coefficient (Wildman–Crippen LogP) is -1.37. The first kappa shape index (κ1) is 4.54. The Balaban J connectivity index is 2.94. The molecule has 2 nitrogen and oxygen atoms in total. The summed E-state index contributed by atoms with van der Waals surface area (Å²) in [6, 6.07) is 0. The Morgan fingerprint density at radius 1 is 1.60 bits per heavy atom. The van der Waals surface area contributed by atoms with Gasteiger partial charge in [-0.15, -0.1) is 6.42 Å². The van der Waals surface area contributed by atoms with E-state index in [1.165, 1.54) is 0 Å². The van der Waals surface area contributed by atoms with E-state index in [1.54, 1.807) is 5.82 Å². The highest BCUT2D eigenvalue weighted by Gasteiger charge is 1.93. The zero-order chi connectivity index (χ0) is 4.28. The molecule has 0 heterocycles. The molecule has 0 saturated heterocycles. The van der Waals surface area contributed by atoms with Crippen LogP contribution in [-0.2, 0) is 0 Å². The van der Waals surface area contributed by atoms with Gasteiger partial charge in [-0.1, -0.05) is 5.82 Å². The van der Waals surface area contributed by atoms with Crippen LogP contribution in [0.4, 0.5) is 0 Å². The van der Waals surface area contributed by atoms with Gasteiger partial charge in [0.1, 0.15) is 0 Å². The molecule has 0 fully saturated rings. The molecule has 0 aliphatic heterocycles. The van der Waals surface area contributed by atoms with Gasteiger partial charge in [-0.25, -0.2) is 0 Å². The van der Waals surface area contributed by atoms with Crippen LogP contribution in [0.1, 0.15) is 0 Å². The Morgan fingerprint density at radius 2 is 1.80 bits per heavy atom. The first-order chi connectivity index (χ1) is 2.27. The van der Waals surface area contributed by atoms with Crippen molar-refractivity contribution in [3.63, 3.8) is 0 Å². The summed E-state index contributed by atoms with van der Waals surface area (Å²) in [6.07, 6.45) is 4.42. The maximum Gasteiger partial charge on any atom is 0.544 e. The summed E-state index contributed by atoms with van der Waals surface area (Å²) in [5.41, 5.74) is 0. The third kappa shape index (κ3) is 3.54. The fourth-order valence-corrected chi connectivity index (χ4v) is 0. The van der Waals surface area contributed by atoms with Crippen LogP contribution in [-0.4, -0.2) is 17.2 Å². The number of terminal acetylenes is 1. The second-order valence-corrected chi connectivity index (χ2v) is 0.540. The fourth-order valence-electron chi connectivity index (χ4n) is 0. The summed E-state index contributed by atoms with van der Waals surface area (Å²) in [7, 11) is -1.59. The molecule has 0 unspecified atom stereocenters. The number of rotatable bonds is 0. The quantitative estimate of drug-likeness (QED) is 0.272. The maximum atomic E-state index is 7.68. The molecular weight excluding hydrogens is 66.8 g/mol. The van der Waals surface area contributed by atoms with E-state index in [9.17, 15) is 0 Å². The molecule has 3 heteroatoms. The SMILES string of the molecule is C#CB(O)O. The topological polar surface area (TPSA) is 40.5 Å². The van der Waals surface area contributed by atoms with Gasteiger partial charge in [0.05, 0.1) is 0 Å². The molecular formula is C2H3BO2. The van der Waals surface area contributed by atoms with E-state index < -0.39 is 7.12 Å². The lowest BCUT2D eigenvalue weighted by molar-refractivity contribution is 0.427. The van der Waals surface area contributed by atoms with E-state index in [0.717, 1.165) is 0 Å². The molecule has 0 aliphatic rings. The highest BCUT2D eigenvalue weighted by atomic mass is 16.4. The highest BCUT2D eigenvalue weighted by molar-refractivity contribution is 6.51. The summed E-state index contributed by atoms with van der Waals surface area (Å²) >= 11 is 0.